The Hall–Kier alpha value is -3.49. The Morgan fingerprint density at radius 3 is 2.45 bits per heavy atom. The molecule has 2 aliphatic rings. The molecule has 1 aromatic heterocycles. The first kappa shape index (κ1) is 31.9. The minimum absolute atomic E-state index is 0.0143. The van der Waals surface area contributed by atoms with Gasteiger partial charge in [-0.05, 0) is 38.1 Å². The number of hydrogen-bond acceptors (Lipinski definition) is 7. The molecule has 0 saturated carbocycles. The summed E-state index contributed by atoms with van der Waals surface area (Å²) in [6, 6.07) is 2.54. The largest absolute Gasteiger partial charge is 0.417 e. The molecule has 0 radical (unpaired) electrons. The highest BCUT2D eigenvalue weighted by Gasteiger charge is 2.40. The van der Waals surface area contributed by atoms with E-state index in [4.69, 9.17) is 9.47 Å². The van der Waals surface area contributed by atoms with Gasteiger partial charge in [-0.3, -0.25) is 9.36 Å². The van der Waals surface area contributed by atoms with Crippen LogP contribution in [0, 0.1) is 11.6 Å². The molecular weight excluding hydrogens is 607 g/mol. The molecule has 0 aliphatic carbocycles. The zero-order chi connectivity index (χ0) is 31.9. The predicted molar refractivity (Wildman–Crippen MR) is 157 cm³/mol. The quantitative estimate of drug-likeness (QED) is 0.202. The van der Waals surface area contributed by atoms with Crippen molar-refractivity contribution >= 4 is 34.4 Å². The molecule has 1 fully saturated rings. The number of benzene rings is 2. The van der Waals surface area contributed by atoms with E-state index in [0.717, 1.165) is 30.0 Å². The summed E-state index contributed by atoms with van der Waals surface area (Å²) < 4.78 is 85.8. The Kier molecular flexibility index (Phi) is 9.06. The van der Waals surface area contributed by atoms with E-state index in [2.05, 4.69) is 11.6 Å². The molecule has 0 spiro atoms. The maximum absolute atomic E-state index is 15.2. The molecule has 0 N–H and O–H groups in total. The van der Waals surface area contributed by atoms with Crippen molar-refractivity contribution in [3.8, 4) is 11.1 Å². The Morgan fingerprint density at radius 1 is 1.14 bits per heavy atom. The van der Waals surface area contributed by atoms with Gasteiger partial charge in [0.15, 0.2) is 0 Å². The minimum Gasteiger partial charge on any atom is -0.382 e. The van der Waals surface area contributed by atoms with Crippen molar-refractivity contribution in [3.63, 3.8) is 0 Å². The lowest BCUT2D eigenvalue weighted by Gasteiger charge is -2.44. The smallest absolute Gasteiger partial charge is 0.382 e. The average Bonchev–Trinajstić information content (AvgIpc) is 3.15. The number of nitrogens with zero attached hydrogens (tertiary/aromatic N) is 4. The number of aromatic nitrogens is 2. The summed E-state index contributed by atoms with van der Waals surface area (Å²) in [7, 11) is 1.49. The van der Waals surface area contributed by atoms with Crippen LogP contribution in [-0.2, 0) is 27.0 Å². The van der Waals surface area contributed by atoms with Gasteiger partial charge in [0.2, 0.25) is 5.91 Å². The van der Waals surface area contributed by atoms with E-state index in [-0.39, 0.29) is 78.2 Å². The molecule has 0 bridgehead atoms. The van der Waals surface area contributed by atoms with Crippen molar-refractivity contribution < 1.29 is 36.2 Å². The molecule has 8 nitrogen and oxygen atoms in total. The Morgan fingerprint density at radius 2 is 1.84 bits per heavy atom. The second kappa shape index (κ2) is 12.5. The van der Waals surface area contributed by atoms with Gasteiger partial charge in [-0.1, -0.05) is 6.58 Å². The number of carbonyl (C=O) groups excluding carboxylic acids is 1. The van der Waals surface area contributed by atoms with Crippen LogP contribution in [0.5, 0.6) is 0 Å². The van der Waals surface area contributed by atoms with Crippen LogP contribution >= 0.6 is 11.8 Å². The van der Waals surface area contributed by atoms with E-state index < -0.39 is 46.3 Å². The number of piperazine rings is 1. The molecule has 44 heavy (non-hydrogen) atoms. The molecule has 5 rings (SSSR count). The topological polar surface area (TPSA) is 76.9 Å². The normalized spacial score (nSPS) is 20.6. The zero-order valence-corrected chi connectivity index (χ0v) is 25.1. The number of ether oxygens (including phenoxy) is 2. The number of methoxy groups -OCH3 is 1. The number of alkyl halides is 3. The number of rotatable bonds is 7. The van der Waals surface area contributed by atoms with Crippen LogP contribution in [0.25, 0.3) is 22.0 Å². The van der Waals surface area contributed by atoms with E-state index in [1.165, 1.54) is 17.8 Å². The van der Waals surface area contributed by atoms with E-state index in [9.17, 15) is 27.2 Å². The zero-order valence-electron chi connectivity index (χ0n) is 24.3. The predicted octanol–water partition coefficient (Wildman–Crippen LogP) is 5.11. The third-order valence-electron chi connectivity index (χ3n) is 7.79. The van der Waals surface area contributed by atoms with Crippen LogP contribution in [0.4, 0.5) is 27.8 Å². The third-order valence-corrected chi connectivity index (χ3v) is 9.02. The fraction of sp³-hybridized carbons (Fsp3) is 0.433. The molecule has 3 atom stereocenters. The second-order valence-electron chi connectivity index (χ2n) is 10.8. The maximum Gasteiger partial charge on any atom is 0.417 e. The highest BCUT2D eigenvalue weighted by molar-refractivity contribution is 7.99. The van der Waals surface area contributed by atoms with Crippen molar-refractivity contribution in [3.05, 3.63) is 64.6 Å². The molecule has 2 aliphatic heterocycles. The molecule has 2 aromatic carbocycles. The van der Waals surface area contributed by atoms with E-state index in [0.29, 0.717) is 6.07 Å². The lowest BCUT2D eigenvalue weighted by molar-refractivity contribution is -0.137. The summed E-state index contributed by atoms with van der Waals surface area (Å²) in [4.78, 5) is 33.8. The van der Waals surface area contributed by atoms with E-state index >= 15 is 4.39 Å². The van der Waals surface area contributed by atoms with Crippen molar-refractivity contribution in [1.82, 2.24) is 14.5 Å². The lowest BCUT2D eigenvalue weighted by atomic mass is 9.95. The first-order valence-corrected chi connectivity index (χ1v) is 14.9. The van der Waals surface area contributed by atoms with Gasteiger partial charge >= 0.3 is 11.9 Å². The summed E-state index contributed by atoms with van der Waals surface area (Å²) in [6.45, 7) is 7.94. The number of anilines is 1. The molecule has 236 valence electrons. The maximum atomic E-state index is 15.2. The number of halogens is 5. The van der Waals surface area contributed by atoms with Crippen molar-refractivity contribution in [2.75, 3.05) is 44.1 Å². The Bertz CT molecular complexity index is 1650. The van der Waals surface area contributed by atoms with E-state index in [1.54, 1.807) is 23.6 Å². The molecule has 3 aromatic rings. The van der Waals surface area contributed by atoms with Crippen LogP contribution < -0.4 is 10.6 Å². The van der Waals surface area contributed by atoms with Gasteiger partial charge in [0.05, 0.1) is 36.9 Å². The molecule has 1 saturated heterocycles. The Balaban J connectivity index is 1.79. The molecule has 3 heterocycles. The van der Waals surface area contributed by atoms with Crippen LogP contribution in [0.3, 0.4) is 0 Å². The summed E-state index contributed by atoms with van der Waals surface area (Å²) >= 11 is 1.01. The van der Waals surface area contributed by atoms with Gasteiger partial charge < -0.3 is 19.3 Å². The number of amides is 1. The first-order chi connectivity index (χ1) is 20.8. The second-order valence-corrected chi connectivity index (χ2v) is 11.9. The lowest BCUT2D eigenvalue weighted by Crippen LogP contribution is -2.58. The fourth-order valence-corrected chi connectivity index (χ4v) is 7.27. The van der Waals surface area contributed by atoms with Crippen molar-refractivity contribution in [1.29, 1.82) is 0 Å². The van der Waals surface area contributed by atoms with E-state index in [1.807, 2.05) is 0 Å². The van der Waals surface area contributed by atoms with Crippen LogP contribution in [0.15, 0.2) is 46.6 Å². The molecule has 1 amide bonds. The molecular formula is C30H31F5N4O4S. The summed E-state index contributed by atoms with van der Waals surface area (Å²) in [6.07, 6.45) is -4.35. The van der Waals surface area contributed by atoms with Crippen LogP contribution in [0.2, 0.25) is 0 Å². The summed E-state index contributed by atoms with van der Waals surface area (Å²) in [5, 5.41) is 0.0473. The summed E-state index contributed by atoms with van der Waals surface area (Å²) in [5.74, 6) is -2.22. The molecule has 14 heteroatoms. The van der Waals surface area contributed by atoms with Gasteiger partial charge in [-0.2, -0.15) is 18.2 Å². The van der Waals surface area contributed by atoms with Gasteiger partial charge in [0.1, 0.15) is 17.5 Å². The van der Waals surface area contributed by atoms with Crippen LogP contribution in [0.1, 0.15) is 19.4 Å². The monoisotopic (exact) mass is 638 g/mol. The summed E-state index contributed by atoms with van der Waals surface area (Å²) in [5.41, 5.74) is -2.64. The van der Waals surface area contributed by atoms with Gasteiger partial charge in [0, 0.05) is 65.5 Å². The average molecular weight is 639 g/mol. The number of thioether (sulfide) groups is 1. The third kappa shape index (κ3) is 5.94. The fourth-order valence-electron chi connectivity index (χ4n) is 5.99. The first-order valence-electron chi connectivity index (χ1n) is 13.9. The Labute approximate surface area is 254 Å². The van der Waals surface area contributed by atoms with Gasteiger partial charge in [-0.25, -0.2) is 13.6 Å². The number of carbonyl (C=O) groups is 1. The van der Waals surface area contributed by atoms with Crippen molar-refractivity contribution in [2.24, 2.45) is 0 Å². The van der Waals surface area contributed by atoms with Crippen LogP contribution in [-0.4, -0.2) is 77.7 Å². The molecule has 0 unspecified atom stereocenters. The SMILES string of the molecule is C=CC(=O)N1[C@H](C)CN(c2nc(=O)n3c4c(c(-c5ccc(F)cc5F)c(C(F)(F)F)cc24)SC[C@H](OCCOC)C3)C[C@@H]1C. The highest BCUT2D eigenvalue weighted by atomic mass is 32.2. The van der Waals surface area contributed by atoms with Gasteiger partial charge in [-0.15, -0.1) is 11.8 Å². The minimum atomic E-state index is -4.95. The van der Waals surface area contributed by atoms with Gasteiger partial charge in [0.25, 0.3) is 0 Å². The number of hydrogen-bond donors (Lipinski definition) is 0. The van der Waals surface area contributed by atoms with Crippen molar-refractivity contribution in [2.45, 2.75) is 49.7 Å². The standard InChI is InChI=1S/C30H31F5N4O4S/c1-5-24(40)39-16(2)12-37(13-17(39)3)28-21-11-22(30(33,34)35)25(20-7-6-18(31)10-23(20)32)27-26(21)38(29(41)36-28)14-19(15-44-27)43-9-8-42-4/h5-7,10-11,16-17,19H,1,8-9,12-15H2,2-4H3/t16-,17+,19-/m1/s1. The highest BCUT2D eigenvalue weighted by Crippen LogP contribution is 2.49.